The summed E-state index contributed by atoms with van der Waals surface area (Å²) in [6.45, 7) is 2.09. The molecule has 3 rings (SSSR count). The summed E-state index contributed by atoms with van der Waals surface area (Å²) in [5, 5.41) is 6.31. The molecule has 0 aliphatic carbocycles. The third-order valence-corrected chi connectivity index (χ3v) is 4.46. The number of piperidine rings is 1. The van der Waals surface area contributed by atoms with Crippen LogP contribution in [-0.4, -0.2) is 37.7 Å². The van der Waals surface area contributed by atoms with Gasteiger partial charge in [-0.2, -0.15) is 0 Å². The van der Waals surface area contributed by atoms with E-state index in [1.807, 2.05) is 24.3 Å². The van der Waals surface area contributed by atoms with E-state index in [1.54, 1.807) is 31.6 Å². The molecule has 1 aromatic heterocycles. The van der Waals surface area contributed by atoms with Crippen LogP contribution in [0.1, 0.15) is 12.8 Å². The van der Waals surface area contributed by atoms with Gasteiger partial charge in [0.2, 0.25) is 5.91 Å². The second-order valence-corrected chi connectivity index (χ2v) is 6.23. The van der Waals surface area contributed by atoms with Crippen molar-refractivity contribution < 1.29 is 14.3 Å². The van der Waals surface area contributed by atoms with Crippen LogP contribution >= 0.6 is 0 Å². The number of nitrogens with one attached hydrogen (secondary N) is 2. The molecule has 1 amide bonds. The van der Waals surface area contributed by atoms with E-state index in [0.29, 0.717) is 12.4 Å². The summed E-state index contributed by atoms with van der Waals surface area (Å²) < 4.78 is 11.0. The number of hydrogen-bond donors (Lipinski definition) is 2. The summed E-state index contributed by atoms with van der Waals surface area (Å²) in [6.07, 6.45) is 4.90. The van der Waals surface area contributed by atoms with Gasteiger partial charge in [0.1, 0.15) is 11.5 Å². The molecule has 2 aromatic rings. The van der Waals surface area contributed by atoms with E-state index in [2.05, 4.69) is 15.6 Å². The van der Waals surface area contributed by atoms with Crippen molar-refractivity contribution >= 4 is 11.6 Å². The van der Waals surface area contributed by atoms with Gasteiger partial charge in [0.15, 0.2) is 0 Å². The van der Waals surface area contributed by atoms with Gasteiger partial charge in [-0.3, -0.25) is 9.78 Å². The Balaban J connectivity index is 1.65. The Morgan fingerprint density at radius 3 is 2.40 bits per heavy atom. The van der Waals surface area contributed by atoms with Gasteiger partial charge in [0.25, 0.3) is 0 Å². The van der Waals surface area contributed by atoms with Crippen molar-refractivity contribution in [2.24, 2.45) is 5.41 Å². The molecule has 0 spiro atoms. The fourth-order valence-corrected chi connectivity index (χ4v) is 3.03. The van der Waals surface area contributed by atoms with Gasteiger partial charge in [-0.15, -0.1) is 0 Å². The van der Waals surface area contributed by atoms with Crippen LogP contribution in [0.15, 0.2) is 48.8 Å². The van der Waals surface area contributed by atoms with Gasteiger partial charge in [-0.05, 0) is 62.3 Å². The SMILES string of the molecule is COCC1(C(=O)Nc2ccc(Oc3ccncc3)cc2)CCNCC1. The van der Waals surface area contributed by atoms with Crippen LogP contribution in [0.25, 0.3) is 0 Å². The number of carbonyl (C=O) groups is 1. The molecule has 0 atom stereocenters. The number of amides is 1. The minimum atomic E-state index is -0.466. The van der Waals surface area contributed by atoms with Crippen molar-refractivity contribution in [2.75, 3.05) is 32.1 Å². The van der Waals surface area contributed by atoms with Crippen molar-refractivity contribution in [2.45, 2.75) is 12.8 Å². The number of pyridine rings is 1. The number of carbonyl (C=O) groups excluding carboxylic acids is 1. The second kappa shape index (κ2) is 8.09. The van der Waals surface area contributed by atoms with E-state index in [1.165, 1.54) is 0 Å². The number of hydrogen-bond acceptors (Lipinski definition) is 5. The predicted octanol–water partition coefficient (Wildman–Crippen LogP) is 2.83. The van der Waals surface area contributed by atoms with Crippen molar-refractivity contribution in [3.05, 3.63) is 48.8 Å². The number of rotatable bonds is 6. The zero-order chi connectivity index (χ0) is 17.5. The average molecular weight is 341 g/mol. The first kappa shape index (κ1) is 17.4. The van der Waals surface area contributed by atoms with Crippen molar-refractivity contribution in [1.82, 2.24) is 10.3 Å². The summed E-state index contributed by atoms with van der Waals surface area (Å²) in [5.41, 5.74) is 0.285. The third kappa shape index (κ3) is 4.35. The molecule has 0 bridgehead atoms. The van der Waals surface area contributed by atoms with Gasteiger partial charge in [0.05, 0.1) is 12.0 Å². The molecule has 1 aliphatic heterocycles. The highest BCUT2D eigenvalue weighted by Crippen LogP contribution is 2.31. The zero-order valence-corrected chi connectivity index (χ0v) is 14.3. The maximum atomic E-state index is 12.8. The first-order chi connectivity index (χ1) is 12.2. The lowest BCUT2D eigenvalue weighted by Crippen LogP contribution is -2.47. The molecule has 1 aromatic carbocycles. The zero-order valence-electron chi connectivity index (χ0n) is 14.3. The van der Waals surface area contributed by atoms with E-state index in [-0.39, 0.29) is 5.91 Å². The minimum Gasteiger partial charge on any atom is -0.457 e. The first-order valence-corrected chi connectivity index (χ1v) is 8.41. The fraction of sp³-hybridized carbons (Fsp3) is 0.368. The third-order valence-electron chi connectivity index (χ3n) is 4.46. The lowest BCUT2D eigenvalue weighted by atomic mass is 9.78. The summed E-state index contributed by atoms with van der Waals surface area (Å²) in [6, 6.07) is 10.9. The minimum absolute atomic E-state index is 0.0126. The van der Waals surface area contributed by atoms with Crippen LogP contribution in [0.4, 0.5) is 5.69 Å². The molecule has 2 heterocycles. The Morgan fingerprint density at radius 2 is 1.76 bits per heavy atom. The largest absolute Gasteiger partial charge is 0.457 e. The molecule has 0 radical (unpaired) electrons. The summed E-state index contributed by atoms with van der Waals surface area (Å²) in [5.74, 6) is 1.44. The summed E-state index contributed by atoms with van der Waals surface area (Å²) in [7, 11) is 1.64. The Bertz CT molecular complexity index is 677. The van der Waals surface area contributed by atoms with Crippen molar-refractivity contribution in [3.63, 3.8) is 0 Å². The smallest absolute Gasteiger partial charge is 0.233 e. The highest BCUT2D eigenvalue weighted by Gasteiger charge is 2.39. The number of anilines is 1. The quantitative estimate of drug-likeness (QED) is 0.845. The van der Waals surface area contributed by atoms with Crippen LogP contribution in [0.5, 0.6) is 11.5 Å². The fourth-order valence-electron chi connectivity index (χ4n) is 3.03. The van der Waals surface area contributed by atoms with Crippen LogP contribution in [-0.2, 0) is 9.53 Å². The molecular formula is C19H23N3O3. The Labute approximate surface area is 147 Å². The van der Waals surface area contributed by atoms with Crippen molar-refractivity contribution in [1.29, 1.82) is 0 Å². The number of methoxy groups -OCH3 is 1. The van der Waals surface area contributed by atoms with E-state index in [0.717, 1.165) is 37.4 Å². The van der Waals surface area contributed by atoms with Crippen LogP contribution in [0.2, 0.25) is 0 Å². The molecule has 1 saturated heterocycles. The highest BCUT2D eigenvalue weighted by atomic mass is 16.5. The van der Waals surface area contributed by atoms with Gasteiger partial charge in [0, 0.05) is 25.2 Å². The molecule has 0 unspecified atom stereocenters. The highest BCUT2D eigenvalue weighted by molar-refractivity contribution is 5.95. The standard InChI is InChI=1S/C19H23N3O3/c1-24-14-19(8-12-21-13-9-19)18(23)22-15-2-4-16(5-3-15)25-17-6-10-20-11-7-17/h2-7,10-11,21H,8-9,12-14H2,1H3,(H,22,23). The van der Waals surface area contributed by atoms with Crippen molar-refractivity contribution in [3.8, 4) is 11.5 Å². The lowest BCUT2D eigenvalue weighted by Gasteiger charge is -2.35. The Hall–Kier alpha value is -2.44. The molecular weight excluding hydrogens is 318 g/mol. The molecule has 1 fully saturated rings. The molecule has 132 valence electrons. The van der Waals surface area contributed by atoms with E-state index in [4.69, 9.17) is 9.47 Å². The van der Waals surface area contributed by atoms with E-state index < -0.39 is 5.41 Å². The van der Waals surface area contributed by atoms with Crippen LogP contribution in [0.3, 0.4) is 0 Å². The van der Waals surface area contributed by atoms with E-state index >= 15 is 0 Å². The molecule has 1 aliphatic rings. The van der Waals surface area contributed by atoms with Crippen LogP contribution in [0, 0.1) is 5.41 Å². The molecule has 25 heavy (non-hydrogen) atoms. The molecule has 0 saturated carbocycles. The number of benzene rings is 1. The first-order valence-electron chi connectivity index (χ1n) is 8.41. The van der Waals surface area contributed by atoms with Gasteiger partial charge in [-0.1, -0.05) is 0 Å². The molecule has 2 N–H and O–H groups in total. The Morgan fingerprint density at radius 1 is 1.12 bits per heavy atom. The van der Waals surface area contributed by atoms with Gasteiger partial charge in [-0.25, -0.2) is 0 Å². The monoisotopic (exact) mass is 341 g/mol. The normalized spacial score (nSPS) is 16.2. The summed E-state index contributed by atoms with van der Waals surface area (Å²) >= 11 is 0. The maximum Gasteiger partial charge on any atom is 0.233 e. The van der Waals surface area contributed by atoms with Gasteiger partial charge >= 0.3 is 0 Å². The number of ether oxygens (including phenoxy) is 2. The predicted molar refractivity (Wildman–Crippen MR) is 95.8 cm³/mol. The second-order valence-electron chi connectivity index (χ2n) is 6.23. The average Bonchev–Trinajstić information content (AvgIpc) is 2.65. The maximum absolute atomic E-state index is 12.8. The lowest BCUT2D eigenvalue weighted by molar-refractivity contribution is -0.130. The number of nitrogens with zero attached hydrogens (tertiary/aromatic N) is 1. The van der Waals surface area contributed by atoms with Crippen LogP contribution < -0.4 is 15.4 Å². The Kier molecular flexibility index (Phi) is 5.63. The van der Waals surface area contributed by atoms with E-state index in [9.17, 15) is 4.79 Å². The summed E-state index contributed by atoms with van der Waals surface area (Å²) in [4.78, 5) is 16.8. The topological polar surface area (TPSA) is 72.5 Å². The molecule has 6 nitrogen and oxygen atoms in total. The molecule has 6 heteroatoms. The number of aromatic nitrogens is 1. The van der Waals surface area contributed by atoms with Gasteiger partial charge < -0.3 is 20.1 Å².